The summed E-state index contributed by atoms with van der Waals surface area (Å²) in [5.74, 6) is -0.364. The first-order valence-electron chi connectivity index (χ1n) is 6.31. The second kappa shape index (κ2) is 6.07. The van der Waals surface area contributed by atoms with E-state index in [1.807, 2.05) is 7.05 Å². The number of likely N-dealkylation sites (N-methyl/N-ethyl adjacent to an activating group) is 1. The van der Waals surface area contributed by atoms with Crippen LogP contribution in [0.4, 0.5) is 4.39 Å². The first kappa shape index (κ1) is 12.5. The van der Waals surface area contributed by atoms with Crippen molar-refractivity contribution in [3.05, 3.63) is 29.8 Å². The molecule has 2 rings (SSSR count). The Morgan fingerprint density at radius 3 is 2.82 bits per heavy atom. The summed E-state index contributed by atoms with van der Waals surface area (Å²) in [6, 6.07) is 4.50. The fraction of sp³-hybridized carbons (Fsp3) is 0.615. The third-order valence-corrected chi connectivity index (χ3v) is 3.53. The molecule has 0 bridgehead atoms. The van der Waals surface area contributed by atoms with E-state index in [-0.39, 0.29) is 5.95 Å². The number of nitrogens with one attached hydrogen (secondary N) is 2. The van der Waals surface area contributed by atoms with Crippen LogP contribution in [0.1, 0.15) is 31.2 Å². The molecule has 1 aromatic rings. The molecule has 2 atom stereocenters. The number of aromatic nitrogens is 1. The van der Waals surface area contributed by atoms with Gasteiger partial charge in [0.25, 0.3) is 0 Å². The van der Waals surface area contributed by atoms with Crippen LogP contribution in [0.2, 0.25) is 0 Å². The molecule has 0 aromatic carbocycles. The van der Waals surface area contributed by atoms with Crippen molar-refractivity contribution in [3.63, 3.8) is 0 Å². The van der Waals surface area contributed by atoms with Gasteiger partial charge >= 0.3 is 0 Å². The van der Waals surface area contributed by atoms with Gasteiger partial charge in [0.05, 0.1) is 0 Å². The van der Waals surface area contributed by atoms with E-state index >= 15 is 0 Å². The van der Waals surface area contributed by atoms with E-state index in [9.17, 15) is 4.39 Å². The Bertz CT molecular complexity index is 356. The topological polar surface area (TPSA) is 37.0 Å². The lowest BCUT2D eigenvalue weighted by Crippen LogP contribution is -2.48. The molecule has 0 saturated heterocycles. The molecule has 1 aliphatic rings. The molecule has 17 heavy (non-hydrogen) atoms. The monoisotopic (exact) mass is 237 g/mol. The van der Waals surface area contributed by atoms with Gasteiger partial charge in [-0.25, -0.2) is 4.98 Å². The number of nitrogens with zero attached hydrogens (tertiary/aromatic N) is 1. The second-order valence-electron chi connectivity index (χ2n) is 4.62. The highest BCUT2D eigenvalue weighted by atomic mass is 19.1. The van der Waals surface area contributed by atoms with Gasteiger partial charge in [0.15, 0.2) is 0 Å². The van der Waals surface area contributed by atoms with E-state index < -0.39 is 0 Å². The Balaban J connectivity index is 1.90. The van der Waals surface area contributed by atoms with Gasteiger partial charge < -0.3 is 10.6 Å². The highest BCUT2D eigenvalue weighted by Gasteiger charge is 2.23. The van der Waals surface area contributed by atoms with Gasteiger partial charge in [0.2, 0.25) is 5.95 Å². The molecule has 1 saturated carbocycles. The van der Waals surface area contributed by atoms with Crippen LogP contribution < -0.4 is 10.6 Å². The minimum absolute atomic E-state index is 0.364. The van der Waals surface area contributed by atoms with Crippen LogP contribution in [0.5, 0.6) is 0 Å². The Labute approximate surface area is 102 Å². The molecule has 0 amide bonds. The van der Waals surface area contributed by atoms with Crippen molar-refractivity contribution in [1.82, 2.24) is 15.6 Å². The van der Waals surface area contributed by atoms with Crippen LogP contribution in [-0.4, -0.2) is 24.1 Å². The Morgan fingerprint density at radius 2 is 2.12 bits per heavy atom. The van der Waals surface area contributed by atoms with Crippen LogP contribution in [-0.2, 0) is 6.54 Å². The van der Waals surface area contributed by atoms with Crippen LogP contribution in [0.25, 0.3) is 0 Å². The zero-order valence-electron chi connectivity index (χ0n) is 10.2. The molecular weight excluding hydrogens is 217 g/mol. The zero-order valence-corrected chi connectivity index (χ0v) is 10.2. The highest BCUT2D eigenvalue weighted by molar-refractivity contribution is 5.10. The average molecular weight is 237 g/mol. The van der Waals surface area contributed by atoms with Crippen molar-refractivity contribution in [3.8, 4) is 0 Å². The third-order valence-electron chi connectivity index (χ3n) is 3.53. The van der Waals surface area contributed by atoms with Crippen molar-refractivity contribution in [2.45, 2.75) is 44.3 Å². The average Bonchev–Trinajstić information content (AvgIpc) is 2.38. The molecule has 2 N–H and O–H groups in total. The molecule has 0 radical (unpaired) electrons. The maximum atomic E-state index is 13.4. The summed E-state index contributed by atoms with van der Waals surface area (Å²) >= 11 is 0. The molecule has 1 aromatic heterocycles. The van der Waals surface area contributed by atoms with Crippen LogP contribution in [0, 0.1) is 5.95 Å². The summed E-state index contributed by atoms with van der Waals surface area (Å²) < 4.78 is 13.4. The Morgan fingerprint density at radius 1 is 1.35 bits per heavy atom. The molecule has 1 aliphatic carbocycles. The highest BCUT2D eigenvalue weighted by Crippen LogP contribution is 2.18. The third kappa shape index (κ3) is 3.23. The lowest BCUT2D eigenvalue weighted by atomic mass is 9.90. The fourth-order valence-electron chi connectivity index (χ4n) is 2.51. The van der Waals surface area contributed by atoms with E-state index in [1.54, 1.807) is 12.1 Å². The van der Waals surface area contributed by atoms with Gasteiger partial charge in [-0.3, -0.25) is 0 Å². The van der Waals surface area contributed by atoms with Crippen molar-refractivity contribution in [2.24, 2.45) is 0 Å². The van der Waals surface area contributed by atoms with Gasteiger partial charge in [-0.15, -0.1) is 0 Å². The van der Waals surface area contributed by atoms with Gasteiger partial charge in [0.1, 0.15) is 0 Å². The number of hydrogen-bond acceptors (Lipinski definition) is 3. The van der Waals surface area contributed by atoms with E-state index in [4.69, 9.17) is 0 Å². The van der Waals surface area contributed by atoms with Crippen molar-refractivity contribution in [1.29, 1.82) is 0 Å². The van der Waals surface area contributed by atoms with Crippen LogP contribution in [0.3, 0.4) is 0 Å². The lowest BCUT2D eigenvalue weighted by molar-refractivity contribution is 0.293. The van der Waals surface area contributed by atoms with Gasteiger partial charge in [0, 0.05) is 30.4 Å². The maximum Gasteiger partial charge on any atom is 0.217 e. The molecular formula is C13H20FN3. The largest absolute Gasteiger partial charge is 0.315 e. The van der Waals surface area contributed by atoms with E-state index in [0.29, 0.717) is 24.2 Å². The lowest BCUT2D eigenvalue weighted by Gasteiger charge is -2.32. The predicted molar refractivity (Wildman–Crippen MR) is 66.1 cm³/mol. The standard InChI is InChI=1S/C13H20FN3/c1-15-11-6-2-3-7-12(11)17-9-10-5-4-8-16-13(10)14/h4-5,8,11-12,15,17H,2-3,6-7,9H2,1H3. The molecule has 4 heteroatoms. The van der Waals surface area contributed by atoms with Crippen LogP contribution in [0.15, 0.2) is 18.3 Å². The molecule has 3 nitrogen and oxygen atoms in total. The van der Waals surface area contributed by atoms with E-state index in [2.05, 4.69) is 15.6 Å². The molecule has 1 fully saturated rings. The van der Waals surface area contributed by atoms with Crippen molar-refractivity contribution in [2.75, 3.05) is 7.05 Å². The summed E-state index contributed by atoms with van der Waals surface area (Å²) in [4.78, 5) is 3.66. The summed E-state index contributed by atoms with van der Waals surface area (Å²) in [7, 11) is 2.00. The molecule has 0 spiro atoms. The second-order valence-corrected chi connectivity index (χ2v) is 4.62. The van der Waals surface area contributed by atoms with Crippen LogP contribution >= 0.6 is 0 Å². The summed E-state index contributed by atoms with van der Waals surface area (Å²) in [6.07, 6.45) is 6.38. The molecule has 0 aliphatic heterocycles. The van der Waals surface area contributed by atoms with Gasteiger partial charge in [-0.2, -0.15) is 4.39 Å². The van der Waals surface area contributed by atoms with Crippen molar-refractivity contribution >= 4 is 0 Å². The zero-order chi connectivity index (χ0) is 12.1. The SMILES string of the molecule is CNC1CCCCC1NCc1cccnc1F. The quantitative estimate of drug-likeness (QED) is 0.785. The normalized spacial score (nSPS) is 24.8. The number of hydrogen-bond donors (Lipinski definition) is 2. The number of rotatable bonds is 4. The Hall–Kier alpha value is -1.00. The van der Waals surface area contributed by atoms with Gasteiger partial charge in [-0.1, -0.05) is 18.9 Å². The molecule has 94 valence electrons. The molecule has 2 unspecified atom stereocenters. The summed E-state index contributed by atoms with van der Waals surface area (Å²) in [6.45, 7) is 0.558. The minimum atomic E-state index is -0.364. The Kier molecular flexibility index (Phi) is 4.45. The maximum absolute atomic E-state index is 13.4. The number of pyridine rings is 1. The van der Waals surface area contributed by atoms with E-state index in [0.717, 1.165) is 6.42 Å². The van der Waals surface area contributed by atoms with Gasteiger partial charge in [-0.05, 0) is 26.0 Å². The number of halogens is 1. The smallest absolute Gasteiger partial charge is 0.217 e. The molecule has 1 heterocycles. The predicted octanol–water partition coefficient (Wildman–Crippen LogP) is 1.84. The first-order chi connectivity index (χ1) is 8.31. The van der Waals surface area contributed by atoms with E-state index in [1.165, 1.54) is 25.5 Å². The van der Waals surface area contributed by atoms with Crippen molar-refractivity contribution < 1.29 is 4.39 Å². The summed E-state index contributed by atoms with van der Waals surface area (Å²) in [5.41, 5.74) is 0.646. The minimum Gasteiger partial charge on any atom is -0.315 e. The first-order valence-corrected chi connectivity index (χ1v) is 6.31. The fourth-order valence-corrected chi connectivity index (χ4v) is 2.51. The summed E-state index contributed by atoms with van der Waals surface area (Å²) in [5, 5.41) is 6.77.